The van der Waals surface area contributed by atoms with Crippen LogP contribution in [0.5, 0.6) is 5.75 Å². The normalized spacial score (nSPS) is 13.1. The molecule has 0 saturated heterocycles. The molecule has 0 aliphatic carbocycles. The van der Waals surface area contributed by atoms with Gasteiger partial charge in [0.2, 0.25) is 5.91 Å². The number of carbonyl (C=O) groups is 1. The van der Waals surface area contributed by atoms with Gasteiger partial charge in [-0.2, -0.15) is 0 Å². The third kappa shape index (κ3) is 7.14. The van der Waals surface area contributed by atoms with Crippen molar-refractivity contribution in [3.63, 3.8) is 0 Å². The fraction of sp³-hybridized carbons (Fsp3) is 0.588. The fourth-order valence-electron chi connectivity index (χ4n) is 1.83. The Kier molecular flexibility index (Phi) is 6.21. The lowest BCUT2D eigenvalue weighted by Crippen LogP contribution is -2.43. The zero-order chi connectivity index (χ0) is 16.0. The van der Waals surface area contributed by atoms with E-state index in [1.807, 2.05) is 65.8 Å². The first-order chi connectivity index (χ1) is 9.67. The summed E-state index contributed by atoms with van der Waals surface area (Å²) in [6.45, 7) is 12.4. The maximum absolute atomic E-state index is 11.9. The van der Waals surface area contributed by atoms with Crippen molar-refractivity contribution in [2.45, 2.75) is 59.2 Å². The van der Waals surface area contributed by atoms with Crippen LogP contribution in [0, 0.1) is 0 Å². The number of nitrogens with one attached hydrogen (secondary N) is 2. The van der Waals surface area contributed by atoms with Crippen LogP contribution in [0.3, 0.4) is 0 Å². The Morgan fingerprint density at radius 3 is 2.19 bits per heavy atom. The van der Waals surface area contributed by atoms with Crippen LogP contribution < -0.4 is 15.4 Å². The Morgan fingerprint density at radius 1 is 1.14 bits per heavy atom. The largest absolute Gasteiger partial charge is 0.491 e. The fourth-order valence-corrected chi connectivity index (χ4v) is 1.83. The minimum atomic E-state index is -0.0591. The summed E-state index contributed by atoms with van der Waals surface area (Å²) in [4.78, 5) is 11.9. The molecule has 0 aliphatic rings. The summed E-state index contributed by atoms with van der Waals surface area (Å²) in [6, 6.07) is 7.82. The van der Waals surface area contributed by atoms with Gasteiger partial charge in [-0.25, -0.2) is 0 Å². The van der Waals surface area contributed by atoms with E-state index >= 15 is 0 Å². The first-order valence-electron chi connectivity index (χ1n) is 7.48. The first kappa shape index (κ1) is 17.5. The maximum atomic E-state index is 11.9. The maximum Gasteiger partial charge on any atom is 0.234 e. The summed E-state index contributed by atoms with van der Waals surface area (Å²) in [5, 5.41) is 6.16. The first-order valence-corrected chi connectivity index (χ1v) is 7.48. The van der Waals surface area contributed by atoms with Crippen LogP contribution in [0.2, 0.25) is 0 Å². The molecule has 4 heteroatoms. The molecule has 0 spiro atoms. The Hall–Kier alpha value is -1.55. The van der Waals surface area contributed by atoms with E-state index < -0.39 is 0 Å². The molecular formula is C17H28N2O2. The molecule has 1 unspecified atom stereocenters. The second-order valence-corrected chi connectivity index (χ2v) is 6.63. The Balaban J connectivity index is 2.51. The highest BCUT2D eigenvalue weighted by atomic mass is 16.5. The molecule has 4 nitrogen and oxygen atoms in total. The van der Waals surface area contributed by atoms with Gasteiger partial charge in [0.05, 0.1) is 18.7 Å². The highest BCUT2D eigenvalue weighted by Gasteiger charge is 2.13. The minimum Gasteiger partial charge on any atom is -0.491 e. The summed E-state index contributed by atoms with van der Waals surface area (Å²) < 4.78 is 5.61. The predicted molar refractivity (Wildman–Crippen MR) is 86.5 cm³/mol. The second-order valence-electron chi connectivity index (χ2n) is 6.63. The Labute approximate surface area is 128 Å². The topological polar surface area (TPSA) is 50.4 Å². The lowest BCUT2D eigenvalue weighted by atomic mass is 10.1. The number of carbonyl (C=O) groups excluding carboxylic acids is 1. The highest BCUT2D eigenvalue weighted by molar-refractivity contribution is 5.78. The number of ether oxygens (including phenoxy) is 1. The van der Waals surface area contributed by atoms with Gasteiger partial charge in [0.1, 0.15) is 5.75 Å². The average Bonchev–Trinajstić information content (AvgIpc) is 2.35. The van der Waals surface area contributed by atoms with E-state index in [0.29, 0.717) is 6.54 Å². The predicted octanol–water partition coefficient (Wildman–Crippen LogP) is 3.04. The summed E-state index contributed by atoms with van der Waals surface area (Å²) in [6.07, 6.45) is 0.163. The van der Waals surface area contributed by atoms with Crippen molar-refractivity contribution >= 4 is 5.91 Å². The van der Waals surface area contributed by atoms with Crippen LogP contribution in [0.25, 0.3) is 0 Å². The number of amides is 1. The molecule has 0 radical (unpaired) electrons. The number of hydrogen-bond acceptors (Lipinski definition) is 3. The lowest BCUT2D eigenvalue weighted by Gasteiger charge is -2.21. The molecular weight excluding hydrogens is 264 g/mol. The molecule has 0 aromatic heterocycles. The monoisotopic (exact) mass is 292 g/mol. The molecule has 118 valence electrons. The van der Waals surface area contributed by atoms with E-state index in [1.54, 1.807) is 0 Å². The van der Waals surface area contributed by atoms with E-state index in [1.165, 1.54) is 0 Å². The van der Waals surface area contributed by atoms with Crippen molar-refractivity contribution in [1.29, 1.82) is 0 Å². The Morgan fingerprint density at radius 2 is 1.71 bits per heavy atom. The van der Waals surface area contributed by atoms with Crippen LogP contribution in [-0.2, 0) is 4.79 Å². The number of rotatable bonds is 6. The van der Waals surface area contributed by atoms with E-state index in [2.05, 4.69) is 10.6 Å². The van der Waals surface area contributed by atoms with Crippen molar-refractivity contribution in [2.75, 3.05) is 6.54 Å². The van der Waals surface area contributed by atoms with Crippen molar-refractivity contribution in [3.05, 3.63) is 29.8 Å². The van der Waals surface area contributed by atoms with E-state index in [4.69, 9.17) is 4.74 Å². The zero-order valence-electron chi connectivity index (χ0n) is 14.0. The Bertz CT molecular complexity index is 447. The van der Waals surface area contributed by atoms with Crippen LogP contribution in [-0.4, -0.2) is 24.1 Å². The van der Waals surface area contributed by atoms with Crippen molar-refractivity contribution < 1.29 is 9.53 Å². The highest BCUT2D eigenvalue weighted by Crippen LogP contribution is 2.18. The molecule has 1 aromatic carbocycles. The molecule has 1 atom stereocenters. The molecule has 2 N–H and O–H groups in total. The summed E-state index contributed by atoms with van der Waals surface area (Å²) in [5.41, 5.74) is 1.01. The van der Waals surface area contributed by atoms with Crippen LogP contribution in [0.4, 0.5) is 0 Å². The van der Waals surface area contributed by atoms with E-state index in [0.717, 1.165) is 11.3 Å². The minimum absolute atomic E-state index is 0.0000630. The third-order valence-electron chi connectivity index (χ3n) is 2.91. The van der Waals surface area contributed by atoms with Gasteiger partial charge in [0, 0.05) is 5.54 Å². The van der Waals surface area contributed by atoms with Crippen molar-refractivity contribution in [1.82, 2.24) is 10.6 Å². The third-order valence-corrected chi connectivity index (χ3v) is 2.91. The van der Waals surface area contributed by atoms with Gasteiger partial charge < -0.3 is 15.4 Å². The van der Waals surface area contributed by atoms with Crippen molar-refractivity contribution in [3.8, 4) is 5.75 Å². The van der Waals surface area contributed by atoms with Gasteiger partial charge in [-0.3, -0.25) is 4.79 Å². The van der Waals surface area contributed by atoms with Gasteiger partial charge in [-0.1, -0.05) is 12.1 Å². The molecule has 21 heavy (non-hydrogen) atoms. The molecule has 0 fully saturated rings. The second kappa shape index (κ2) is 7.46. The van der Waals surface area contributed by atoms with E-state index in [-0.39, 0.29) is 23.6 Å². The molecule has 0 saturated carbocycles. The summed E-state index contributed by atoms with van der Waals surface area (Å²) in [5.74, 6) is 0.849. The standard InChI is InChI=1S/C17H28N2O2/c1-12(2)21-15-9-7-14(8-10-15)13(3)19-16(20)11-18-17(4,5)6/h7-10,12-13,18H,11H2,1-6H3,(H,19,20). The van der Waals surface area contributed by atoms with Gasteiger partial charge in [0.15, 0.2) is 0 Å². The smallest absolute Gasteiger partial charge is 0.234 e. The SMILES string of the molecule is CC(C)Oc1ccc(C(C)NC(=O)CNC(C)(C)C)cc1. The molecule has 0 aliphatic heterocycles. The molecule has 1 rings (SSSR count). The summed E-state index contributed by atoms with van der Waals surface area (Å²) in [7, 11) is 0. The van der Waals surface area contributed by atoms with E-state index in [9.17, 15) is 4.79 Å². The average molecular weight is 292 g/mol. The van der Waals surface area contributed by atoms with Gasteiger partial charge in [-0.15, -0.1) is 0 Å². The molecule has 1 amide bonds. The molecule has 0 bridgehead atoms. The molecule has 0 heterocycles. The number of hydrogen-bond donors (Lipinski definition) is 2. The summed E-state index contributed by atoms with van der Waals surface area (Å²) >= 11 is 0. The number of benzene rings is 1. The van der Waals surface area contributed by atoms with Gasteiger partial charge in [0.25, 0.3) is 0 Å². The van der Waals surface area contributed by atoms with Crippen molar-refractivity contribution in [2.24, 2.45) is 0 Å². The van der Waals surface area contributed by atoms with Gasteiger partial charge in [-0.05, 0) is 59.2 Å². The lowest BCUT2D eigenvalue weighted by molar-refractivity contribution is -0.121. The zero-order valence-corrected chi connectivity index (χ0v) is 14.0. The molecule has 1 aromatic rings. The van der Waals surface area contributed by atoms with Crippen LogP contribution in [0.1, 0.15) is 53.1 Å². The van der Waals surface area contributed by atoms with Gasteiger partial charge >= 0.3 is 0 Å². The van der Waals surface area contributed by atoms with Crippen LogP contribution in [0.15, 0.2) is 24.3 Å². The quantitative estimate of drug-likeness (QED) is 0.847. The van der Waals surface area contributed by atoms with Crippen LogP contribution >= 0.6 is 0 Å².